The van der Waals surface area contributed by atoms with Crippen molar-refractivity contribution in [2.24, 2.45) is 0 Å². The maximum absolute atomic E-state index is 14.7. The number of anilines is 1. The van der Waals surface area contributed by atoms with Crippen LogP contribution in [0.25, 0.3) is 11.2 Å². The molecule has 5 N–H and O–H groups in total. The number of nitrogens with zero attached hydrogens (tertiary/aromatic N) is 3. The highest BCUT2D eigenvalue weighted by atomic mass is 19.1. The van der Waals surface area contributed by atoms with Crippen molar-refractivity contribution in [1.29, 1.82) is 0 Å². The van der Waals surface area contributed by atoms with E-state index in [0.29, 0.717) is 0 Å². The zero-order valence-electron chi connectivity index (χ0n) is 11.0. The highest BCUT2D eigenvalue weighted by Gasteiger charge is 2.55. The van der Waals surface area contributed by atoms with E-state index in [2.05, 4.69) is 15.0 Å². The molecule has 2 aromatic rings. The van der Waals surface area contributed by atoms with Gasteiger partial charge in [-0.25, -0.2) is 9.37 Å². The van der Waals surface area contributed by atoms with E-state index in [-0.39, 0.29) is 17.1 Å². The van der Waals surface area contributed by atoms with Crippen molar-refractivity contribution in [2.75, 3.05) is 12.3 Å². The van der Waals surface area contributed by atoms with Crippen LogP contribution in [0.5, 0.6) is 0 Å². The number of nitrogen functional groups attached to an aromatic ring is 1. The third-order valence-corrected chi connectivity index (χ3v) is 3.60. The Kier molecular flexibility index (Phi) is 2.97. The van der Waals surface area contributed by atoms with E-state index in [1.807, 2.05) is 0 Å². The van der Waals surface area contributed by atoms with Crippen LogP contribution in [-0.2, 0) is 4.74 Å². The van der Waals surface area contributed by atoms with Gasteiger partial charge in [0, 0.05) is 0 Å². The van der Waals surface area contributed by atoms with E-state index in [4.69, 9.17) is 15.6 Å². The van der Waals surface area contributed by atoms with Gasteiger partial charge >= 0.3 is 0 Å². The first-order valence-electron chi connectivity index (χ1n) is 6.22. The summed E-state index contributed by atoms with van der Waals surface area (Å²) in [6.07, 6.45) is -2.71. The van der Waals surface area contributed by atoms with Gasteiger partial charge in [0.1, 0.15) is 12.2 Å². The number of aliphatic hydroxyl groups excluding tert-OH is 2. The average Bonchev–Trinajstić information content (AvgIpc) is 2.91. The van der Waals surface area contributed by atoms with Crippen LogP contribution in [0.3, 0.4) is 0 Å². The maximum Gasteiger partial charge on any atom is 0.280 e. The Hall–Kier alpha value is -2.04. The summed E-state index contributed by atoms with van der Waals surface area (Å²) in [5, 5.41) is 19.0. The van der Waals surface area contributed by atoms with E-state index in [1.54, 1.807) is 0 Å². The van der Waals surface area contributed by atoms with Crippen LogP contribution in [0.4, 0.5) is 10.3 Å². The summed E-state index contributed by atoms with van der Waals surface area (Å²) in [5.74, 6) is -0.146. The fourth-order valence-corrected chi connectivity index (χ4v) is 2.48. The summed E-state index contributed by atoms with van der Waals surface area (Å²) < 4.78 is 21.2. The lowest BCUT2D eigenvalue weighted by atomic mass is 9.99. The van der Waals surface area contributed by atoms with E-state index in [1.165, 1.54) is 10.9 Å². The van der Waals surface area contributed by atoms with Crippen molar-refractivity contribution in [2.45, 2.75) is 31.0 Å². The topological polar surface area (TPSA) is 139 Å². The Morgan fingerprint density at radius 3 is 3.00 bits per heavy atom. The van der Waals surface area contributed by atoms with Gasteiger partial charge in [-0.1, -0.05) is 0 Å². The first kappa shape index (κ1) is 13.9. The van der Waals surface area contributed by atoms with Crippen molar-refractivity contribution in [1.82, 2.24) is 19.5 Å². The normalized spacial score (nSPS) is 32.9. The lowest BCUT2D eigenvalue weighted by Gasteiger charge is -2.24. The molecule has 1 aliphatic rings. The number of aromatic amines is 1. The number of alkyl halides is 1. The Balaban J connectivity index is 2.15. The molecule has 10 heteroatoms. The molecule has 21 heavy (non-hydrogen) atoms. The van der Waals surface area contributed by atoms with E-state index < -0.39 is 36.3 Å². The van der Waals surface area contributed by atoms with Crippen LogP contribution in [-0.4, -0.2) is 54.2 Å². The number of halogens is 1. The molecule has 3 rings (SSSR count). The van der Waals surface area contributed by atoms with Gasteiger partial charge in [0.25, 0.3) is 5.56 Å². The molecule has 0 aliphatic carbocycles. The van der Waals surface area contributed by atoms with Gasteiger partial charge in [-0.3, -0.25) is 14.3 Å². The van der Waals surface area contributed by atoms with Crippen LogP contribution in [0.1, 0.15) is 13.2 Å². The summed E-state index contributed by atoms with van der Waals surface area (Å²) >= 11 is 0. The highest BCUT2D eigenvalue weighted by molar-refractivity contribution is 5.70. The highest BCUT2D eigenvalue weighted by Crippen LogP contribution is 2.41. The van der Waals surface area contributed by atoms with E-state index in [9.17, 15) is 14.3 Å². The molecular weight excluding hydrogens is 285 g/mol. The summed E-state index contributed by atoms with van der Waals surface area (Å²) in [4.78, 5) is 21.7. The second-order valence-electron chi connectivity index (χ2n) is 5.08. The predicted octanol–water partition coefficient (Wildman–Crippen LogP) is -1.32. The number of ether oxygens (including phenoxy) is 1. The lowest BCUT2D eigenvalue weighted by Crippen LogP contribution is -2.40. The number of nitrogens with one attached hydrogen (secondary N) is 1. The largest absolute Gasteiger partial charge is 0.394 e. The molecule has 0 amide bonds. The number of fused-ring (bicyclic) bond motifs is 1. The van der Waals surface area contributed by atoms with Gasteiger partial charge in [0.2, 0.25) is 5.95 Å². The molecule has 0 aromatic carbocycles. The average molecular weight is 299 g/mol. The van der Waals surface area contributed by atoms with Crippen molar-refractivity contribution >= 4 is 17.1 Å². The Morgan fingerprint density at radius 1 is 1.67 bits per heavy atom. The van der Waals surface area contributed by atoms with Gasteiger partial charge in [-0.05, 0) is 6.92 Å². The first-order chi connectivity index (χ1) is 9.86. The zero-order valence-corrected chi connectivity index (χ0v) is 11.0. The predicted molar refractivity (Wildman–Crippen MR) is 69.1 cm³/mol. The molecule has 3 heterocycles. The van der Waals surface area contributed by atoms with Crippen molar-refractivity contribution in [3.05, 3.63) is 16.7 Å². The summed E-state index contributed by atoms with van der Waals surface area (Å²) in [5.41, 5.74) is 2.73. The molecule has 1 aliphatic heterocycles. The van der Waals surface area contributed by atoms with Crippen molar-refractivity contribution in [3.8, 4) is 0 Å². The minimum atomic E-state index is -2.19. The smallest absolute Gasteiger partial charge is 0.280 e. The first-order valence-corrected chi connectivity index (χ1v) is 6.22. The molecule has 1 saturated heterocycles. The van der Waals surface area contributed by atoms with Gasteiger partial charge < -0.3 is 20.7 Å². The number of rotatable bonds is 2. The minimum Gasteiger partial charge on any atom is -0.394 e. The molecule has 2 unspecified atom stereocenters. The van der Waals surface area contributed by atoms with Crippen LogP contribution >= 0.6 is 0 Å². The van der Waals surface area contributed by atoms with Gasteiger partial charge in [0.05, 0.1) is 12.9 Å². The lowest BCUT2D eigenvalue weighted by molar-refractivity contribution is -0.0566. The number of hydrogen-bond acceptors (Lipinski definition) is 7. The van der Waals surface area contributed by atoms with Crippen LogP contribution in [0.2, 0.25) is 0 Å². The fraction of sp³-hybridized carbons (Fsp3) is 0.545. The quantitative estimate of drug-likeness (QED) is 0.539. The molecule has 4 atom stereocenters. The Bertz CT molecular complexity index is 742. The zero-order chi connectivity index (χ0) is 15.4. The molecule has 2 aromatic heterocycles. The second kappa shape index (κ2) is 4.48. The fourth-order valence-electron chi connectivity index (χ4n) is 2.48. The molecule has 0 saturated carbocycles. The van der Waals surface area contributed by atoms with Gasteiger partial charge in [-0.2, -0.15) is 4.98 Å². The number of hydrogen-bond donors (Lipinski definition) is 4. The van der Waals surface area contributed by atoms with Gasteiger partial charge in [-0.15, -0.1) is 0 Å². The van der Waals surface area contributed by atoms with Crippen LogP contribution in [0, 0.1) is 0 Å². The molecule has 1 fully saturated rings. The number of aromatic nitrogens is 4. The number of H-pyrrole nitrogens is 1. The van der Waals surface area contributed by atoms with Crippen molar-refractivity contribution in [3.63, 3.8) is 0 Å². The van der Waals surface area contributed by atoms with Crippen molar-refractivity contribution < 1.29 is 19.3 Å². The monoisotopic (exact) mass is 299 g/mol. The summed E-state index contributed by atoms with van der Waals surface area (Å²) in [7, 11) is 0. The molecule has 0 radical (unpaired) electrons. The Labute approximate surface area is 117 Å². The number of imidazole rings is 1. The Morgan fingerprint density at radius 2 is 2.38 bits per heavy atom. The summed E-state index contributed by atoms with van der Waals surface area (Å²) in [6.45, 7) is 0.598. The molecule has 114 valence electrons. The van der Waals surface area contributed by atoms with E-state index >= 15 is 0 Å². The van der Waals surface area contributed by atoms with Crippen LogP contribution in [0.15, 0.2) is 11.1 Å². The molecule has 0 spiro atoms. The number of aliphatic hydroxyl groups is 2. The third kappa shape index (κ3) is 1.91. The molecular formula is C11H14FN5O4. The second-order valence-corrected chi connectivity index (χ2v) is 5.08. The van der Waals surface area contributed by atoms with Gasteiger partial charge in [0.15, 0.2) is 23.1 Å². The summed E-state index contributed by atoms with van der Waals surface area (Å²) in [6, 6.07) is 0. The maximum atomic E-state index is 14.7. The third-order valence-electron chi connectivity index (χ3n) is 3.60. The SMILES string of the molecule is C[C@]1(F)C(O)[C@@H](CO)OC1n1cnc2c(=O)[nH]c(N)nc21. The molecule has 0 bridgehead atoms. The molecule has 9 nitrogen and oxygen atoms in total. The van der Waals surface area contributed by atoms with Crippen LogP contribution < -0.4 is 11.3 Å². The number of nitrogens with two attached hydrogens (primary N) is 1. The van der Waals surface area contributed by atoms with E-state index in [0.717, 1.165) is 6.92 Å². The minimum absolute atomic E-state index is 0.0226. The standard InChI is InChI=1S/C11H14FN5O4/c1-11(12)6(19)4(2-18)21-9(11)17-3-14-5-7(17)15-10(13)16-8(5)20/h3-4,6,9,18-19H,2H2,1H3,(H3,13,15,16,20)/t4-,6?,9?,11+/m1/s1.